The van der Waals surface area contributed by atoms with E-state index in [4.69, 9.17) is 0 Å². The summed E-state index contributed by atoms with van der Waals surface area (Å²) >= 11 is 0. The second kappa shape index (κ2) is 5.24. The van der Waals surface area contributed by atoms with Gasteiger partial charge in [-0.15, -0.1) is 0 Å². The van der Waals surface area contributed by atoms with Crippen molar-refractivity contribution in [3.63, 3.8) is 0 Å². The molecule has 1 aromatic carbocycles. The molecule has 1 aromatic rings. The normalized spacial score (nSPS) is 26.5. The van der Waals surface area contributed by atoms with Gasteiger partial charge in [0, 0.05) is 25.7 Å². The van der Waals surface area contributed by atoms with Crippen LogP contribution in [0.3, 0.4) is 0 Å². The summed E-state index contributed by atoms with van der Waals surface area (Å²) in [4.78, 5) is 22.8. The topological polar surface area (TPSA) is 39.2 Å². The Morgan fingerprint density at radius 2 is 2.10 bits per heavy atom. The van der Waals surface area contributed by atoms with Crippen molar-refractivity contribution in [2.75, 3.05) is 32.8 Å². The first-order chi connectivity index (χ1) is 10.3. The molecule has 110 valence electrons. The van der Waals surface area contributed by atoms with Crippen LogP contribution < -0.4 is 0 Å². The highest BCUT2D eigenvalue weighted by molar-refractivity contribution is 6.06. The van der Waals surface area contributed by atoms with E-state index in [1.54, 1.807) is 0 Å². The molecule has 0 radical (unpaired) electrons. The van der Waals surface area contributed by atoms with Gasteiger partial charge in [-0.05, 0) is 12.0 Å². The number of hydrogen-bond acceptors (Lipinski definition) is 4. The Morgan fingerprint density at radius 1 is 1.24 bits per heavy atom. The smallest absolute Gasteiger partial charge is 0.250 e. The minimum Gasteiger partial charge on any atom is -0.297 e. The summed E-state index contributed by atoms with van der Waals surface area (Å²) in [5.74, 6) is 1.13. The van der Waals surface area contributed by atoms with Crippen molar-refractivity contribution in [3.05, 3.63) is 35.9 Å². The van der Waals surface area contributed by atoms with Gasteiger partial charge >= 0.3 is 0 Å². The van der Waals surface area contributed by atoms with Crippen LogP contribution in [0.25, 0.3) is 0 Å². The monoisotopic (exact) mass is 284 g/mol. The molecule has 0 aromatic heterocycles. The Balaban J connectivity index is 1.36. The molecule has 0 bridgehead atoms. The van der Waals surface area contributed by atoms with Crippen LogP contribution in [0.2, 0.25) is 0 Å². The third-order valence-electron chi connectivity index (χ3n) is 4.69. The van der Waals surface area contributed by atoms with Crippen LogP contribution in [0.15, 0.2) is 35.3 Å². The van der Waals surface area contributed by atoms with E-state index in [0.29, 0.717) is 12.6 Å². The Morgan fingerprint density at radius 3 is 2.90 bits per heavy atom. The van der Waals surface area contributed by atoms with Gasteiger partial charge in [0.15, 0.2) is 0 Å². The first-order valence-corrected chi connectivity index (χ1v) is 7.63. The van der Waals surface area contributed by atoms with Crippen LogP contribution in [-0.4, -0.2) is 65.3 Å². The zero-order chi connectivity index (χ0) is 14.2. The molecule has 2 fully saturated rings. The molecule has 0 spiro atoms. The third-order valence-corrected chi connectivity index (χ3v) is 4.69. The fourth-order valence-corrected chi connectivity index (χ4v) is 3.52. The molecule has 0 aliphatic carbocycles. The number of amidine groups is 1. The van der Waals surface area contributed by atoms with Crippen LogP contribution in [0.4, 0.5) is 0 Å². The molecule has 1 atom stereocenters. The Labute approximate surface area is 124 Å². The lowest BCUT2D eigenvalue weighted by Crippen LogP contribution is -2.38. The number of carbonyl (C=O) groups is 1. The molecule has 1 amide bonds. The van der Waals surface area contributed by atoms with E-state index in [9.17, 15) is 4.79 Å². The molecule has 4 rings (SSSR count). The summed E-state index contributed by atoms with van der Waals surface area (Å²) in [7, 11) is 0. The maximum atomic E-state index is 11.7. The van der Waals surface area contributed by atoms with E-state index >= 15 is 0 Å². The molecule has 1 unspecified atom stereocenters. The highest BCUT2D eigenvalue weighted by Gasteiger charge is 2.39. The van der Waals surface area contributed by atoms with E-state index in [1.165, 1.54) is 12.0 Å². The summed E-state index contributed by atoms with van der Waals surface area (Å²) in [6.45, 7) is 5.18. The van der Waals surface area contributed by atoms with Gasteiger partial charge in [0.25, 0.3) is 5.91 Å². The molecule has 2 saturated heterocycles. The lowest BCUT2D eigenvalue weighted by Gasteiger charge is -2.23. The first kappa shape index (κ1) is 13.0. The van der Waals surface area contributed by atoms with E-state index in [1.807, 2.05) is 4.90 Å². The van der Waals surface area contributed by atoms with Gasteiger partial charge in [0.05, 0.1) is 13.2 Å². The predicted octanol–water partition coefficient (Wildman–Crippen LogP) is 0.775. The van der Waals surface area contributed by atoms with Crippen LogP contribution in [0, 0.1) is 0 Å². The SMILES string of the molecule is O=C1CN=C2CN(C3CCN(Cc4ccccc4)C3)CN12. The molecule has 0 N–H and O–H groups in total. The standard InChI is InChI=1S/C16H20N4O/c21-16-8-17-15-11-19(12-20(15)16)14-6-7-18(10-14)9-13-4-2-1-3-5-13/h1-5,14H,6-12H2. The zero-order valence-corrected chi connectivity index (χ0v) is 12.1. The van der Waals surface area contributed by atoms with Gasteiger partial charge in [-0.2, -0.15) is 0 Å². The third kappa shape index (κ3) is 2.47. The van der Waals surface area contributed by atoms with Crippen LogP contribution in [0.5, 0.6) is 0 Å². The van der Waals surface area contributed by atoms with Crippen molar-refractivity contribution >= 4 is 11.7 Å². The zero-order valence-electron chi connectivity index (χ0n) is 12.1. The molecule has 3 aliphatic heterocycles. The number of carbonyl (C=O) groups excluding carboxylic acids is 1. The number of nitrogens with zero attached hydrogens (tertiary/aromatic N) is 4. The fraction of sp³-hybridized carbons (Fsp3) is 0.500. The lowest BCUT2D eigenvalue weighted by molar-refractivity contribution is -0.125. The fourth-order valence-electron chi connectivity index (χ4n) is 3.52. The number of amides is 1. The molecule has 3 heterocycles. The van der Waals surface area contributed by atoms with Crippen LogP contribution in [0.1, 0.15) is 12.0 Å². The molecule has 3 aliphatic rings. The minimum absolute atomic E-state index is 0.159. The van der Waals surface area contributed by atoms with Gasteiger partial charge in [0.1, 0.15) is 12.4 Å². The first-order valence-electron chi connectivity index (χ1n) is 7.63. The maximum Gasteiger partial charge on any atom is 0.250 e. The number of benzene rings is 1. The van der Waals surface area contributed by atoms with Crippen molar-refractivity contribution in [2.24, 2.45) is 4.99 Å². The molecule has 5 nitrogen and oxygen atoms in total. The Hall–Kier alpha value is -1.72. The van der Waals surface area contributed by atoms with Gasteiger partial charge in [-0.25, -0.2) is 0 Å². The molecule has 0 saturated carbocycles. The highest BCUT2D eigenvalue weighted by Crippen LogP contribution is 2.23. The average Bonchev–Trinajstić information content (AvgIpc) is 3.18. The second-order valence-corrected chi connectivity index (χ2v) is 6.11. The summed E-state index contributed by atoms with van der Waals surface area (Å²) in [6, 6.07) is 11.2. The van der Waals surface area contributed by atoms with E-state index in [-0.39, 0.29) is 5.91 Å². The van der Waals surface area contributed by atoms with Gasteiger partial charge in [-0.1, -0.05) is 30.3 Å². The van der Waals surface area contributed by atoms with E-state index < -0.39 is 0 Å². The van der Waals surface area contributed by atoms with Crippen molar-refractivity contribution < 1.29 is 4.79 Å². The van der Waals surface area contributed by atoms with E-state index in [2.05, 4.69) is 45.1 Å². The lowest BCUT2D eigenvalue weighted by atomic mass is 10.2. The van der Waals surface area contributed by atoms with Gasteiger partial charge in [0.2, 0.25) is 0 Å². The van der Waals surface area contributed by atoms with E-state index in [0.717, 1.165) is 38.7 Å². The van der Waals surface area contributed by atoms with Crippen molar-refractivity contribution in [2.45, 2.75) is 19.0 Å². The predicted molar refractivity (Wildman–Crippen MR) is 80.8 cm³/mol. The highest BCUT2D eigenvalue weighted by atomic mass is 16.2. The average molecular weight is 284 g/mol. The summed E-state index contributed by atoms with van der Waals surface area (Å²) in [6.07, 6.45) is 1.18. The summed E-state index contributed by atoms with van der Waals surface area (Å²) in [5, 5.41) is 0. The molecule has 5 heteroatoms. The van der Waals surface area contributed by atoms with Crippen LogP contribution >= 0.6 is 0 Å². The number of hydrogen-bond donors (Lipinski definition) is 0. The van der Waals surface area contributed by atoms with Crippen LogP contribution in [-0.2, 0) is 11.3 Å². The van der Waals surface area contributed by atoms with Crippen molar-refractivity contribution in [3.8, 4) is 0 Å². The van der Waals surface area contributed by atoms with Crippen molar-refractivity contribution in [1.29, 1.82) is 0 Å². The largest absolute Gasteiger partial charge is 0.297 e. The quantitative estimate of drug-likeness (QED) is 0.823. The number of fused-ring (bicyclic) bond motifs is 1. The summed E-state index contributed by atoms with van der Waals surface area (Å²) < 4.78 is 0. The summed E-state index contributed by atoms with van der Waals surface area (Å²) in [5.41, 5.74) is 1.37. The molecule has 21 heavy (non-hydrogen) atoms. The number of likely N-dealkylation sites (tertiary alicyclic amines) is 1. The van der Waals surface area contributed by atoms with Crippen molar-refractivity contribution in [1.82, 2.24) is 14.7 Å². The van der Waals surface area contributed by atoms with Gasteiger partial charge in [-0.3, -0.25) is 24.5 Å². The second-order valence-electron chi connectivity index (χ2n) is 6.11. The number of rotatable bonds is 3. The Kier molecular flexibility index (Phi) is 3.24. The molecular weight excluding hydrogens is 264 g/mol. The minimum atomic E-state index is 0.159. The van der Waals surface area contributed by atoms with Gasteiger partial charge < -0.3 is 0 Å². The molecular formula is C16H20N4O. The number of aliphatic imine (C=N–C) groups is 1. The Bertz CT molecular complexity index is 571. The maximum absolute atomic E-state index is 11.7.